The van der Waals surface area contributed by atoms with Gasteiger partial charge in [-0.25, -0.2) is 0 Å². The molecule has 0 saturated carbocycles. The van der Waals surface area contributed by atoms with Gasteiger partial charge >= 0.3 is 5.97 Å². The summed E-state index contributed by atoms with van der Waals surface area (Å²) in [6.45, 7) is 10.8. The maximum Gasteiger partial charge on any atom is 0.315 e. The van der Waals surface area contributed by atoms with Crippen LogP contribution in [0.2, 0.25) is 0 Å². The quantitative estimate of drug-likeness (QED) is 0.424. The van der Waals surface area contributed by atoms with Gasteiger partial charge in [0.2, 0.25) is 0 Å². The average molecular weight is 371 g/mol. The summed E-state index contributed by atoms with van der Waals surface area (Å²) in [5.41, 5.74) is 0.00656. The number of Topliss-reactive ketones (excluding diaryl/α,β-unsaturated/α-hetero) is 1. The molecule has 5 heteroatoms. The van der Waals surface area contributed by atoms with E-state index in [9.17, 15) is 9.59 Å². The van der Waals surface area contributed by atoms with E-state index in [4.69, 9.17) is 9.47 Å². The first-order chi connectivity index (χ1) is 11.7. The molecule has 1 rings (SSSR count). The topological polar surface area (TPSA) is 52.6 Å². The molecule has 25 heavy (non-hydrogen) atoms. The van der Waals surface area contributed by atoms with Crippen molar-refractivity contribution >= 4 is 23.5 Å². The van der Waals surface area contributed by atoms with E-state index in [2.05, 4.69) is 32.9 Å². The van der Waals surface area contributed by atoms with Gasteiger partial charge in [0.15, 0.2) is 0 Å². The number of hydrogen-bond donors (Lipinski definition) is 0. The molecule has 0 heterocycles. The largest absolute Gasteiger partial charge is 0.465 e. The third-order valence-corrected chi connectivity index (χ3v) is 6.10. The van der Waals surface area contributed by atoms with Crippen molar-refractivity contribution in [1.29, 1.82) is 0 Å². The van der Waals surface area contributed by atoms with Crippen molar-refractivity contribution in [2.45, 2.75) is 65.2 Å². The molecule has 0 aromatic heterocycles. The van der Waals surface area contributed by atoms with Crippen LogP contribution in [0.25, 0.3) is 0 Å². The Balaban J connectivity index is 2.36. The highest BCUT2D eigenvalue weighted by molar-refractivity contribution is 8.00. The molecule has 0 aliphatic heterocycles. The lowest BCUT2D eigenvalue weighted by Gasteiger charge is -2.39. The molecule has 0 saturated heterocycles. The fraction of sp³-hybridized carbons (Fsp3) is 0.800. The smallest absolute Gasteiger partial charge is 0.315 e. The number of rotatable bonds is 10. The number of esters is 1. The fourth-order valence-corrected chi connectivity index (χ4v) is 4.23. The van der Waals surface area contributed by atoms with Gasteiger partial charge in [0.1, 0.15) is 5.78 Å². The van der Waals surface area contributed by atoms with Gasteiger partial charge in [0.25, 0.3) is 0 Å². The molecule has 4 nitrogen and oxygen atoms in total. The number of hydrogen-bond acceptors (Lipinski definition) is 5. The Morgan fingerprint density at radius 3 is 2.60 bits per heavy atom. The van der Waals surface area contributed by atoms with E-state index < -0.39 is 0 Å². The summed E-state index contributed by atoms with van der Waals surface area (Å²) in [6, 6.07) is 0. The molecular weight excluding hydrogens is 336 g/mol. The van der Waals surface area contributed by atoms with Gasteiger partial charge in [-0.15, -0.1) is 11.8 Å². The van der Waals surface area contributed by atoms with E-state index in [0.717, 1.165) is 6.42 Å². The van der Waals surface area contributed by atoms with E-state index in [1.54, 1.807) is 7.11 Å². The van der Waals surface area contributed by atoms with Gasteiger partial charge in [-0.3, -0.25) is 9.59 Å². The highest BCUT2D eigenvalue weighted by Gasteiger charge is 2.39. The first-order valence-corrected chi connectivity index (χ1v) is 10.2. The van der Waals surface area contributed by atoms with Crippen LogP contribution in [0.4, 0.5) is 0 Å². The number of carbonyl (C=O) groups excluding carboxylic acids is 2. The Hall–Kier alpha value is -0.810. The zero-order chi connectivity index (χ0) is 19.0. The summed E-state index contributed by atoms with van der Waals surface area (Å²) in [5.74, 6) is 0.717. The van der Waals surface area contributed by atoms with Crippen LogP contribution in [0.15, 0.2) is 12.2 Å². The number of thioether (sulfide) groups is 1. The van der Waals surface area contributed by atoms with Gasteiger partial charge < -0.3 is 9.47 Å². The molecule has 0 radical (unpaired) electrons. The molecule has 0 aromatic carbocycles. The highest BCUT2D eigenvalue weighted by atomic mass is 32.2. The maximum absolute atomic E-state index is 12.8. The van der Waals surface area contributed by atoms with E-state index in [0.29, 0.717) is 31.0 Å². The summed E-state index contributed by atoms with van der Waals surface area (Å²) in [7, 11) is 1.64. The molecule has 1 aliphatic rings. The van der Waals surface area contributed by atoms with Crippen molar-refractivity contribution in [2.75, 3.05) is 19.5 Å². The minimum Gasteiger partial charge on any atom is -0.465 e. The number of allylic oxidation sites excluding steroid dienone is 2. The molecule has 0 spiro atoms. The Bertz CT molecular complexity index is 472. The molecule has 0 bridgehead atoms. The Morgan fingerprint density at radius 2 is 2.00 bits per heavy atom. The molecule has 4 unspecified atom stereocenters. The zero-order valence-electron chi connectivity index (χ0n) is 16.5. The first-order valence-electron chi connectivity index (χ1n) is 9.16. The molecule has 1 aliphatic carbocycles. The first kappa shape index (κ1) is 22.2. The third kappa shape index (κ3) is 7.53. The van der Waals surface area contributed by atoms with Crippen molar-refractivity contribution in [3.05, 3.63) is 12.2 Å². The lowest BCUT2D eigenvalue weighted by Crippen LogP contribution is -2.38. The van der Waals surface area contributed by atoms with Gasteiger partial charge in [0.05, 0.1) is 18.5 Å². The standard InChI is InChI=1S/C20H34O4S/c1-14-8-7-10-20(4,5)19(14)17(21)12-16(3)25-13-18(22)24-11-9-15(2)23-6/h7-8,14-16,19H,9-13H2,1-6H3. The summed E-state index contributed by atoms with van der Waals surface area (Å²) in [6.07, 6.45) is 6.58. The van der Waals surface area contributed by atoms with Gasteiger partial charge in [-0.05, 0) is 24.7 Å². The molecule has 0 aromatic rings. The third-order valence-electron chi connectivity index (χ3n) is 4.96. The molecular formula is C20H34O4S. The van der Waals surface area contributed by atoms with Crippen LogP contribution in [0.5, 0.6) is 0 Å². The second-order valence-electron chi connectivity index (χ2n) is 7.81. The summed E-state index contributed by atoms with van der Waals surface area (Å²) in [5, 5.41) is 0.117. The van der Waals surface area contributed by atoms with Crippen LogP contribution in [0, 0.1) is 17.3 Å². The Kier molecular flexibility index (Phi) is 9.22. The van der Waals surface area contributed by atoms with Gasteiger partial charge in [-0.1, -0.05) is 39.8 Å². The molecule has 0 fully saturated rings. The lowest BCUT2D eigenvalue weighted by molar-refractivity contribution is -0.141. The van der Waals surface area contributed by atoms with Crippen LogP contribution in [0.3, 0.4) is 0 Å². The van der Waals surface area contributed by atoms with Crippen molar-refractivity contribution in [1.82, 2.24) is 0 Å². The average Bonchev–Trinajstić information content (AvgIpc) is 2.51. The minimum absolute atomic E-state index is 0.00656. The molecule has 0 N–H and O–H groups in total. The van der Waals surface area contributed by atoms with Crippen LogP contribution in [-0.2, 0) is 19.1 Å². The predicted molar refractivity (Wildman–Crippen MR) is 104 cm³/mol. The second-order valence-corrected chi connectivity index (χ2v) is 9.23. The monoisotopic (exact) mass is 370 g/mol. The number of ketones is 1. The summed E-state index contributed by atoms with van der Waals surface area (Å²) in [4.78, 5) is 24.6. The van der Waals surface area contributed by atoms with Crippen LogP contribution < -0.4 is 0 Å². The maximum atomic E-state index is 12.8. The van der Waals surface area contributed by atoms with Crippen molar-refractivity contribution in [3.8, 4) is 0 Å². The molecule has 4 atom stereocenters. The SMILES string of the molecule is COC(C)CCOC(=O)CSC(C)CC(=O)C1C(C)C=CCC1(C)C. The molecule has 144 valence electrons. The Morgan fingerprint density at radius 1 is 1.32 bits per heavy atom. The van der Waals surface area contributed by atoms with Crippen LogP contribution in [0.1, 0.15) is 53.9 Å². The number of ether oxygens (including phenoxy) is 2. The fourth-order valence-electron chi connectivity index (χ4n) is 3.44. The lowest BCUT2D eigenvalue weighted by atomic mass is 9.65. The van der Waals surface area contributed by atoms with Crippen molar-refractivity contribution in [2.24, 2.45) is 17.3 Å². The van der Waals surface area contributed by atoms with E-state index in [-0.39, 0.29) is 34.6 Å². The number of methoxy groups -OCH3 is 1. The van der Waals surface area contributed by atoms with E-state index in [1.165, 1.54) is 11.8 Å². The Labute approximate surface area is 157 Å². The van der Waals surface area contributed by atoms with Crippen LogP contribution >= 0.6 is 11.8 Å². The second kappa shape index (κ2) is 10.4. The summed E-state index contributed by atoms with van der Waals surface area (Å²) >= 11 is 1.50. The predicted octanol–water partition coefficient (Wildman–Crippen LogP) is 4.27. The zero-order valence-corrected chi connectivity index (χ0v) is 17.4. The van der Waals surface area contributed by atoms with Crippen molar-refractivity contribution in [3.63, 3.8) is 0 Å². The summed E-state index contributed by atoms with van der Waals surface area (Å²) < 4.78 is 10.3. The minimum atomic E-state index is -0.220. The number of carbonyl (C=O) groups is 2. The van der Waals surface area contributed by atoms with Gasteiger partial charge in [-0.2, -0.15) is 0 Å². The van der Waals surface area contributed by atoms with E-state index >= 15 is 0 Å². The normalized spacial score (nSPS) is 24.6. The molecule has 0 amide bonds. The van der Waals surface area contributed by atoms with E-state index in [1.807, 2.05) is 13.8 Å². The van der Waals surface area contributed by atoms with Crippen LogP contribution in [-0.4, -0.2) is 42.6 Å². The highest BCUT2D eigenvalue weighted by Crippen LogP contribution is 2.42. The van der Waals surface area contributed by atoms with Gasteiger partial charge in [0, 0.05) is 31.1 Å². The van der Waals surface area contributed by atoms with Crippen molar-refractivity contribution < 1.29 is 19.1 Å².